The van der Waals surface area contributed by atoms with Crippen molar-refractivity contribution in [1.29, 1.82) is 0 Å². The van der Waals surface area contributed by atoms with E-state index in [2.05, 4.69) is 6.92 Å². The highest BCUT2D eigenvalue weighted by molar-refractivity contribution is 5.90. The fourth-order valence-electron chi connectivity index (χ4n) is 4.56. The second-order valence-corrected chi connectivity index (χ2v) is 8.77. The molecule has 0 aromatic heterocycles. The Kier molecular flexibility index (Phi) is 7.57. The molecule has 0 N–H and O–H groups in total. The number of benzene rings is 1. The fourth-order valence-corrected chi connectivity index (χ4v) is 4.56. The minimum absolute atomic E-state index is 0.0183. The summed E-state index contributed by atoms with van der Waals surface area (Å²) in [6, 6.07) is 7.43. The van der Waals surface area contributed by atoms with Gasteiger partial charge in [0.2, 0.25) is 17.7 Å². The number of nitrogens with zero attached hydrogens (tertiary/aromatic N) is 3. The molecule has 170 valence electrons. The van der Waals surface area contributed by atoms with Crippen LogP contribution in [0.5, 0.6) is 5.75 Å². The number of likely N-dealkylation sites (tertiary alicyclic amines) is 1. The van der Waals surface area contributed by atoms with E-state index in [9.17, 15) is 14.4 Å². The average molecular weight is 430 g/mol. The smallest absolute Gasteiger partial charge is 0.228 e. The zero-order valence-electron chi connectivity index (χ0n) is 19.2. The van der Waals surface area contributed by atoms with Gasteiger partial charge in [-0.15, -0.1) is 0 Å². The first kappa shape index (κ1) is 23.1. The van der Waals surface area contributed by atoms with Gasteiger partial charge in [-0.05, 0) is 24.1 Å². The first-order chi connectivity index (χ1) is 14.9. The molecule has 2 saturated heterocycles. The highest BCUT2D eigenvalue weighted by atomic mass is 16.5. The van der Waals surface area contributed by atoms with Crippen LogP contribution >= 0.6 is 0 Å². The number of carbonyl (C=O) groups is 3. The van der Waals surface area contributed by atoms with Gasteiger partial charge in [-0.25, -0.2) is 0 Å². The molecule has 0 spiro atoms. The summed E-state index contributed by atoms with van der Waals surface area (Å²) >= 11 is 0. The van der Waals surface area contributed by atoms with Crippen molar-refractivity contribution in [2.75, 3.05) is 39.8 Å². The van der Waals surface area contributed by atoms with Crippen LogP contribution in [0.2, 0.25) is 0 Å². The Bertz CT molecular complexity index is 785. The van der Waals surface area contributed by atoms with Gasteiger partial charge in [0.25, 0.3) is 0 Å². The maximum Gasteiger partial charge on any atom is 0.228 e. The Balaban J connectivity index is 1.78. The van der Waals surface area contributed by atoms with Crippen LogP contribution in [0.15, 0.2) is 24.3 Å². The fraction of sp³-hybridized carbons (Fsp3) is 0.625. The summed E-state index contributed by atoms with van der Waals surface area (Å²) in [4.78, 5) is 44.2. The molecule has 0 unspecified atom stereocenters. The van der Waals surface area contributed by atoms with Gasteiger partial charge < -0.3 is 19.4 Å². The topological polar surface area (TPSA) is 70.2 Å². The zero-order valence-corrected chi connectivity index (χ0v) is 19.2. The van der Waals surface area contributed by atoms with E-state index in [4.69, 9.17) is 4.74 Å². The molecule has 0 aliphatic carbocycles. The molecule has 7 heteroatoms. The van der Waals surface area contributed by atoms with Gasteiger partial charge >= 0.3 is 0 Å². The quantitative estimate of drug-likeness (QED) is 0.668. The van der Waals surface area contributed by atoms with E-state index in [1.807, 2.05) is 52.8 Å². The van der Waals surface area contributed by atoms with Crippen LogP contribution in [0.25, 0.3) is 0 Å². The molecule has 2 aliphatic rings. The third-order valence-electron chi connectivity index (χ3n) is 6.36. The molecule has 7 nitrogen and oxygen atoms in total. The van der Waals surface area contributed by atoms with Crippen LogP contribution in [0.4, 0.5) is 0 Å². The third kappa shape index (κ3) is 5.02. The molecule has 2 atom stereocenters. The van der Waals surface area contributed by atoms with E-state index >= 15 is 0 Å². The monoisotopic (exact) mass is 429 g/mol. The van der Waals surface area contributed by atoms with Crippen molar-refractivity contribution < 1.29 is 19.1 Å². The Morgan fingerprint density at radius 1 is 1.06 bits per heavy atom. The lowest BCUT2D eigenvalue weighted by Gasteiger charge is -2.38. The Hall–Kier alpha value is -2.57. The molecule has 3 rings (SSSR count). The van der Waals surface area contributed by atoms with Crippen molar-refractivity contribution in [1.82, 2.24) is 14.7 Å². The van der Waals surface area contributed by atoms with Crippen molar-refractivity contribution in [2.45, 2.75) is 46.1 Å². The summed E-state index contributed by atoms with van der Waals surface area (Å²) in [7, 11) is 1.62. The van der Waals surface area contributed by atoms with E-state index in [0.717, 1.165) is 24.2 Å². The predicted molar refractivity (Wildman–Crippen MR) is 118 cm³/mol. The van der Waals surface area contributed by atoms with E-state index in [1.54, 1.807) is 7.11 Å². The molecule has 2 heterocycles. The van der Waals surface area contributed by atoms with Crippen molar-refractivity contribution >= 4 is 17.7 Å². The van der Waals surface area contributed by atoms with Gasteiger partial charge in [0.05, 0.1) is 19.1 Å². The number of carbonyl (C=O) groups excluding carboxylic acids is 3. The van der Waals surface area contributed by atoms with E-state index in [-0.39, 0.29) is 36.1 Å². The molecule has 3 amide bonds. The molecule has 1 aromatic rings. The Morgan fingerprint density at radius 3 is 2.23 bits per heavy atom. The van der Waals surface area contributed by atoms with E-state index in [0.29, 0.717) is 32.7 Å². The Labute approximate surface area is 185 Å². The van der Waals surface area contributed by atoms with Crippen LogP contribution in [-0.2, 0) is 14.4 Å². The Morgan fingerprint density at radius 2 is 1.68 bits per heavy atom. The average Bonchev–Trinajstić information content (AvgIpc) is 3.12. The minimum Gasteiger partial charge on any atom is -0.497 e. The summed E-state index contributed by atoms with van der Waals surface area (Å²) in [5.74, 6) is 0.504. The van der Waals surface area contributed by atoms with Crippen molar-refractivity contribution in [2.24, 2.45) is 11.8 Å². The summed E-state index contributed by atoms with van der Waals surface area (Å²) < 4.78 is 5.27. The standard InChI is InChI=1S/C24H35N3O4/c1-5-6-11-27-21(28)16-20(22(27)18-7-9-19(31-4)10-8-18)24(30)26-14-12-25(13-15-26)23(29)17(2)3/h7-10,17,20,22H,5-6,11-16H2,1-4H3/t20-,22-/m1/s1. The molecule has 0 saturated carbocycles. The summed E-state index contributed by atoms with van der Waals surface area (Å²) in [6.07, 6.45) is 2.14. The van der Waals surface area contributed by atoms with Gasteiger partial charge in [-0.2, -0.15) is 0 Å². The third-order valence-corrected chi connectivity index (χ3v) is 6.36. The van der Waals surface area contributed by atoms with Crippen molar-refractivity contribution in [3.05, 3.63) is 29.8 Å². The molecular weight excluding hydrogens is 394 g/mol. The number of unbranched alkanes of at least 4 members (excludes halogenated alkanes) is 1. The van der Waals surface area contributed by atoms with Crippen LogP contribution in [0, 0.1) is 11.8 Å². The molecule has 0 bridgehead atoms. The molecule has 31 heavy (non-hydrogen) atoms. The predicted octanol–water partition coefficient (Wildman–Crippen LogP) is 2.71. The van der Waals surface area contributed by atoms with Crippen LogP contribution in [0.3, 0.4) is 0 Å². The largest absolute Gasteiger partial charge is 0.497 e. The summed E-state index contributed by atoms with van der Waals surface area (Å²) in [6.45, 7) is 8.70. The highest BCUT2D eigenvalue weighted by Gasteiger charge is 2.46. The summed E-state index contributed by atoms with van der Waals surface area (Å²) in [5.41, 5.74) is 0.967. The van der Waals surface area contributed by atoms with Crippen molar-refractivity contribution in [3.8, 4) is 5.75 Å². The maximum absolute atomic E-state index is 13.5. The number of piperazine rings is 1. The lowest BCUT2D eigenvalue weighted by Crippen LogP contribution is -2.53. The molecule has 1 aromatic carbocycles. The molecule has 0 radical (unpaired) electrons. The lowest BCUT2D eigenvalue weighted by molar-refractivity contribution is -0.144. The number of hydrogen-bond acceptors (Lipinski definition) is 4. The van der Waals surface area contributed by atoms with Crippen LogP contribution < -0.4 is 4.74 Å². The second-order valence-electron chi connectivity index (χ2n) is 8.77. The molecular formula is C24H35N3O4. The van der Waals surface area contributed by atoms with Gasteiger partial charge in [-0.3, -0.25) is 14.4 Å². The number of hydrogen-bond donors (Lipinski definition) is 0. The van der Waals surface area contributed by atoms with Gasteiger partial charge in [-0.1, -0.05) is 39.3 Å². The number of rotatable bonds is 7. The van der Waals surface area contributed by atoms with Gasteiger partial charge in [0.15, 0.2) is 0 Å². The maximum atomic E-state index is 13.5. The normalized spacial score (nSPS) is 21.7. The SMILES string of the molecule is CCCCN1C(=O)C[C@@H](C(=O)N2CCN(C(=O)C(C)C)CC2)[C@H]1c1ccc(OC)cc1. The first-order valence-corrected chi connectivity index (χ1v) is 11.4. The zero-order chi connectivity index (χ0) is 22.5. The summed E-state index contributed by atoms with van der Waals surface area (Å²) in [5, 5.41) is 0. The lowest BCUT2D eigenvalue weighted by atomic mass is 9.91. The van der Waals surface area contributed by atoms with Gasteiger partial charge in [0.1, 0.15) is 5.75 Å². The molecule has 2 aliphatic heterocycles. The first-order valence-electron chi connectivity index (χ1n) is 11.4. The van der Waals surface area contributed by atoms with Gasteiger partial charge in [0, 0.05) is 45.1 Å². The number of ether oxygens (including phenoxy) is 1. The second kappa shape index (κ2) is 10.2. The van der Waals surface area contributed by atoms with E-state index in [1.165, 1.54) is 0 Å². The van der Waals surface area contributed by atoms with Crippen molar-refractivity contribution in [3.63, 3.8) is 0 Å². The number of methoxy groups -OCH3 is 1. The minimum atomic E-state index is -0.398. The number of amides is 3. The van der Waals surface area contributed by atoms with Crippen LogP contribution in [0.1, 0.15) is 51.6 Å². The highest BCUT2D eigenvalue weighted by Crippen LogP contribution is 2.40. The molecule has 2 fully saturated rings. The van der Waals surface area contributed by atoms with E-state index < -0.39 is 5.92 Å². The van der Waals surface area contributed by atoms with Crippen LogP contribution in [-0.4, -0.2) is 72.3 Å².